The minimum absolute atomic E-state index is 0.0130. The number of hydrogen-bond donors (Lipinski definition) is 0. The molecule has 1 unspecified atom stereocenters. The molecular formula is C25H22F4O5. The van der Waals surface area contributed by atoms with Gasteiger partial charge >= 0.3 is 12.1 Å². The highest BCUT2D eigenvalue weighted by Crippen LogP contribution is 2.31. The van der Waals surface area contributed by atoms with E-state index in [2.05, 4.69) is 0 Å². The Bertz CT molecular complexity index is 1070. The first-order chi connectivity index (χ1) is 16.2. The molecule has 3 aromatic carbocycles. The van der Waals surface area contributed by atoms with Gasteiger partial charge in [-0.1, -0.05) is 18.2 Å². The fourth-order valence-corrected chi connectivity index (χ4v) is 2.80. The van der Waals surface area contributed by atoms with Crippen LogP contribution in [-0.4, -0.2) is 25.3 Å². The van der Waals surface area contributed by atoms with Crippen LogP contribution < -0.4 is 9.47 Å². The third-order valence-corrected chi connectivity index (χ3v) is 4.57. The van der Waals surface area contributed by atoms with Gasteiger partial charge in [0, 0.05) is 5.56 Å². The molecule has 5 nitrogen and oxygen atoms in total. The molecule has 3 aromatic rings. The highest BCUT2D eigenvalue weighted by atomic mass is 19.4. The van der Waals surface area contributed by atoms with Crippen molar-refractivity contribution in [3.8, 4) is 17.2 Å². The molecule has 0 heterocycles. The van der Waals surface area contributed by atoms with Crippen molar-refractivity contribution in [3.63, 3.8) is 0 Å². The van der Waals surface area contributed by atoms with Crippen LogP contribution in [0.4, 0.5) is 17.6 Å². The van der Waals surface area contributed by atoms with Gasteiger partial charge in [0.2, 0.25) is 0 Å². The van der Waals surface area contributed by atoms with E-state index in [0.29, 0.717) is 17.1 Å². The molecule has 9 heteroatoms. The summed E-state index contributed by atoms with van der Waals surface area (Å²) in [5, 5.41) is 0. The molecule has 0 aromatic heterocycles. The fraction of sp³-hybridized carbons (Fsp3) is 0.240. The van der Waals surface area contributed by atoms with Gasteiger partial charge in [0.1, 0.15) is 29.7 Å². The van der Waals surface area contributed by atoms with Crippen LogP contribution in [0.15, 0.2) is 72.8 Å². The molecule has 0 bridgehead atoms. The van der Waals surface area contributed by atoms with Gasteiger partial charge in [0.25, 0.3) is 0 Å². The molecule has 0 aliphatic heterocycles. The molecule has 0 fully saturated rings. The predicted molar refractivity (Wildman–Crippen MR) is 115 cm³/mol. The normalized spacial score (nSPS) is 12.1. The standard InChI is InChI=1S/C25H22F4O5/c1-17(24(30)32-15-14-31-16-18-4-2-3-5-23(18)26)33-20-10-12-22(13-11-20)34-21-8-6-19(7-9-21)25(27,28)29/h2-13,17H,14-16H2,1H3. The molecule has 0 aliphatic rings. The van der Waals surface area contributed by atoms with Crippen LogP contribution in [0.25, 0.3) is 0 Å². The average Bonchev–Trinajstić information content (AvgIpc) is 2.81. The number of rotatable bonds is 10. The minimum atomic E-state index is -4.41. The quantitative estimate of drug-likeness (QED) is 0.198. The van der Waals surface area contributed by atoms with E-state index < -0.39 is 23.8 Å². The number of benzene rings is 3. The Hall–Kier alpha value is -3.59. The van der Waals surface area contributed by atoms with E-state index in [1.165, 1.54) is 25.1 Å². The number of esters is 1. The van der Waals surface area contributed by atoms with Crippen molar-refractivity contribution in [1.82, 2.24) is 0 Å². The van der Waals surface area contributed by atoms with Crippen LogP contribution in [0, 0.1) is 5.82 Å². The van der Waals surface area contributed by atoms with Gasteiger partial charge in [-0.2, -0.15) is 13.2 Å². The van der Waals surface area contributed by atoms with Crippen molar-refractivity contribution >= 4 is 5.97 Å². The van der Waals surface area contributed by atoms with Crippen LogP contribution in [0.3, 0.4) is 0 Å². The Morgan fingerprint density at radius 3 is 2.06 bits per heavy atom. The molecule has 0 saturated carbocycles. The van der Waals surface area contributed by atoms with E-state index in [1.807, 2.05) is 0 Å². The van der Waals surface area contributed by atoms with E-state index in [4.69, 9.17) is 18.9 Å². The average molecular weight is 478 g/mol. The second-order valence-corrected chi connectivity index (χ2v) is 7.17. The van der Waals surface area contributed by atoms with Gasteiger partial charge in [-0.05, 0) is 61.5 Å². The van der Waals surface area contributed by atoms with Gasteiger partial charge in [-0.3, -0.25) is 0 Å². The maximum Gasteiger partial charge on any atom is 0.416 e. The van der Waals surface area contributed by atoms with Crippen LogP contribution in [0.1, 0.15) is 18.1 Å². The monoisotopic (exact) mass is 478 g/mol. The SMILES string of the molecule is CC(Oc1ccc(Oc2ccc(C(F)(F)F)cc2)cc1)C(=O)OCCOCc1ccccc1F. The molecule has 34 heavy (non-hydrogen) atoms. The van der Waals surface area contributed by atoms with Gasteiger partial charge in [0.05, 0.1) is 18.8 Å². The maximum atomic E-state index is 13.5. The van der Waals surface area contributed by atoms with E-state index in [1.54, 1.807) is 42.5 Å². The Morgan fingerprint density at radius 1 is 0.853 bits per heavy atom. The van der Waals surface area contributed by atoms with Crippen LogP contribution in [0.2, 0.25) is 0 Å². The fourth-order valence-electron chi connectivity index (χ4n) is 2.80. The zero-order chi connectivity index (χ0) is 24.6. The van der Waals surface area contributed by atoms with Crippen LogP contribution in [0.5, 0.6) is 17.2 Å². The summed E-state index contributed by atoms with van der Waals surface area (Å²) in [6.45, 7) is 1.68. The molecule has 3 rings (SSSR count). The Balaban J connectivity index is 1.40. The predicted octanol–water partition coefficient (Wildman–Crippen LogP) is 6.16. The number of alkyl halides is 3. The van der Waals surface area contributed by atoms with Crippen molar-refractivity contribution in [1.29, 1.82) is 0 Å². The number of halogens is 4. The lowest BCUT2D eigenvalue weighted by atomic mass is 10.2. The molecule has 0 spiro atoms. The first kappa shape index (κ1) is 25.0. The van der Waals surface area contributed by atoms with Crippen molar-refractivity contribution in [2.24, 2.45) is 0 Å². The summed E-state index contributed by atoms with van der Waals surface area (Å²) in [5.41, 5.74) is -0.350. The largest absolute Gasteiger partial charge is 0.479 e. The number of carbonyl (C=O) groups is 1. The Morgan fingerprint density at radius 2 is 1.44 bits per heavy atom. The zero-order valence-electron chi connectivity index (χ0n) is 18.2. The van der Waals surface area contributed by atoms with Crippen LogP contribution in [-0.2, 0) is 27.1 Å². The third kappa shape index (κ3) is 7.48. The number of ether oxygens (including phenoxy) is 4. The molecule has 180 valence electrons. The van der Waals surface area contributed by atoms with E-state index in [9.17, 15) is 22.4 Å². The lowest BCUT2D eigenvalue weighted by molar-refractivity contribution is -0.152. The highest BCUT2D eigenvalue weighted by molar-refractivity contribution is 5.74. The van der Waals surface area contributed by atoms with Crippen molar-refractivity contribution < 1.29 is 41.3 Å². The summed E-state index contributed by atoms with van der Waals surface area (Å²) in [6.07, 6.45) is -5.31. The lowest BCUT2D eigenvalue weighted by Crippen LogP contribution is -2.27. The summed E-state index contributed by atoms with van der Waals surface area (Å²) < 4.78 is 72.8. The molecule has 1 atom stereocenters. The van der Waals surface area contributed by atoms with Gasteiger partial charge in [-0.15, -0.1) is 0 Å². The Kier molecular flexibility index (Phi) is 8.48. The Labute approximate surface area is 193 Å². The molecule has 0 amide bonds. The third-order valence-electron chi connectivity index (χ3n) is 4.57. The molecule has 0 N–H and O–H groups in total. The highest BCUT2D eigenvalue weighted by Gasteiger charge is 2.30. The van der Waals surface area contributed by atoms with E-state index in [-0.39, 0.29) is 31.4 Å². The summed E-state index contributed by atoms with van der Waals surface area (Å²) in [4.78, 5) is 12.1. The number of carbonyl (C=O) groups excluding carboxylic acids is 1. The minimum Gasteiger partial charge on any atom is -0.479 e. The second kappa shape index (κ2) is 11.5. The molecule has 0 aliphatic carbocycles. The smallest absolute Gasteiger partial charge is 0.416 e. The number of hydrogen-bond acceptors (Lipinski definition) is 5. The van der Waals surface area contributed by atoms with Crippen molar-refractivity contribution in [3.05, 3.63) is 89.7 Å². The van der Waals surface area contributed by atoms with Gasteiger partial charge in [0.15, 0.2) is 6.10 Å². The molecule has 0 saturated heterocycles. The van der Waals surface area contributed by atoms with Gasteiger partial charge in [-0.25, -0.2) is 9.18 Å². The van der Waals surface area contributed by atoms with Gasteiger partial charge < -0.3 is 18.9 Å². The van der Waals surface area contributed by atoms with Crippen molar-refractivity contribution in [2.75, 3.05) is 13.2 Å². The summed E-state index contributed by atoms with van der Waals surface area (Å²) in [7, 11) is 0. The first-order valence-corrected chi connectivity index (χ1v) is 10.3. The van der Waals surface area contributed by atoms with Crippen LogP contribution >= 0.6 is 0 Å². The lowest BCUT2D eigenvalue weighted by Gasteiger charge is -2.15. The maximum absolute atomic E-state index is 13.5. The second-order valence-electron chi connectivity index (χ2n) is 7.17. The summed E-state index contributed by atoms with van der Waals surface area (Å²) in [6, 6.07) is 16.8. The summed E-state index contributed by atoms with van der Waals surface area (Å²) in [5.74, 6) is 0.0436. The van der Waals surface area contributed by atoms with E-state index in [0.717, 1.165) is 12.1 Å². The first-order valence-electron chi connectivity index (χ1n) is 10.3. The van der Waals surface area contributed by atoms with E-state index >= 15 is 0 Å². The molecular weight excluding hydrogens is 456 g/mol. The molecule has 0 radical (unpaired) electrons. The topological polar surface area (TPSA) is 54.0 Å². The zero-order valence-corrected chi connectivity index (χ0v) is 18.2. The summed E-state index contributed by atoms with van der Waals surface area (Å²) >= 11 is 0. The van der Waals surface area contributed by atoms with Crippen molar-refractivity contribution in [2.45, 2.75) is 25.8 Å².